The topological polar surface area (TPSA) is 40.5 Å². The first-order valence-corrected chi connectivity index (χ1v) is 12.6. The third-order valence-corrected chi connectivity index (χ3v) is 8.26. The highest BCUT2D eigenvalue weighted by Gasteiger charge is 2.50. The van der Waals surface area contributed by atoms with Crippen molar-refractivity contribution < 1.29 is 10.2 Å². The lowest BCUT2D eigenvalue weighted by Crippen LogP contribution is -2.30. The number of fused-ring (bicyclic) bond motifs is 3. The van der Waals surface area contributed by atoms with Crippen molar-refractivity contribution in [1.29, 1.82) is 0 Å². The number of hydrogen-bond donors (Lipinski definition) is 2. The molecule has 154 valence electrons. The Kier molecular flexibility index (Phi) is 5.32. The van der Waals surface area contributed by atoms with E-state index in [0.717, 1.165) is 51.3 Å². The monoisotopic (exact) mass is 662 g/mol. The van der Waals surface area contributed by atoms with Crippen molar-refractivity contribution in [1.82, 2.24) is 0 Å². The maximum Gasteiger partial charge on any atom is 0.117 e. The molecule has 0 saturated carbocycles. The standard InChI is InChI=1S/C25H14Br4O2/c26-19-9-13(30)10-20(27)23(19)25(24-21(28)11-14(31)12-22(24)29)17-7-3-1-5-15(17)16-6-2-4-8-18(16)25/h1-12,30-31H. The summed E-state index contributed by atoms with van der Waals surface area (Å²) in [5.74, 6) is 0.335. The molecule has 5 rings (SSSR count). The van der Waals surface area contributed by atoms with Gasteiger partial charge >= 0.3 is 0 Å². The zero-order valence-corrected chi connectivity index (χ0v) is 22.2. The summed E-state index contributed by atoms with van der Waals surface area (Å²) in [5.41, 5.74) is 5.76. The molecule has 0 aliphatic heterocycles. The van der Waals surface area contributed by atoms with E-state index in [2.05, 4.69) is 88.0 Å². The zero-order valence-electron chi connectivity index (χ0n) is 15.8. The maximum absolute atomic E-state index is 10.2. The number of hydrogen-bond acceptors (Lipinski definition) is 2. The van der Waals surface area contributed by atoms with Gasteiger partial charge < -0.3 is 10.2 Å². The average Bonchev–Trinajstić information content (AvgIpc) is 2.98. The molecule has 0 fully saturated rings. The minimum absolute atomic E-state index is 0.168. The zero-order chi connectivity index (χ0) is 21.9. The smallest absolute Gasteiger partial charge is 0.117 e. The molecule has 6 heteroatoms. The predicted octanol–water partition coefficient (Wildman–Crippen LogP) is 8.51. The van der Waals surface area contributed by atoms with Crippen molar-refractivity contribution in [2.45, 2.75) is 5.41 Å². The molecule has 0 radical (unpaired) electrons. The Morgan fingerprint density at radius 3 is 1.19 bits per heavy atom. The molecule has 31 heavy (non-hydrogen) atoms. The molecule has 2 N–H and O–H groups in total. The van der Waals surface area contributed by atoms with Crippen molar-refractivity contribution in [2.75, 3.05) is 0 Å². The number of aromatic hydroxyl groups is 2. The average molecular weight is 666 g/mol. The van der Waals surface area contributed by atoms with E-state index in [1.165, 1.54) is 0 Å². The van der Waals surface area contributed by atoms with Gasteiger partial charge in [0.1, 0.15) is 11.5 Å². The third-order valence-electron chi connectivity index (χ3n) is 5.76. The Bertz CT molecular complexity index is 1210. The van der Waals surface area contributed by atoms with Crippen LogP contribution in [0.4, 0.5) is 0 Å². The second kappa shape index (κ2) is 7.77. The first kappa shape index (κ1) is 21.3. The highest BCUT2D eigenvalue weighted by molar-refractivity contribution is 9.11. The lowest BCUT2D eigenvalue weighted by molar-refractivity contribution is 0.473. The molecule has 4 aromatic rings. The fraction of sp³-hybridized carbons (Fsp3) is 0.0400. The van der Waals surface area contributed by atoms with Crippen molar-refractivity contribution in [3.63, 3.8) is 0 Å². The van der Waals surface area contributed by atoms with E-state index < -0.39 is 5.41 Å². The summed E-state index contributed by atoms with van der Waals surface area (Å²) in [6, 6.07) is 23.6. The minimum Gasteiger partial charge on any atom is -0.508 e. The normalized spacial score (nSPS) is 13.7. The second-order valence-electron chi connectivity index (χ2n) is 7.41. The summed E-state index contributed by atoms with van der Waals surface area (Å²) in [6.45, 7) is 0. The van der Waals surface area contributed by atoms with Crippen LogP contribution >= 0.6 is 63.7 Å². The summed E-state index contributed by atoms with van der Waals surface area (Å²) in [4.78, 5) is 0. The molecule has 0 spiro atoms. The van der Waals surface area contributed by atoms with Crippen LogP contribution < -0.4 is 0 Å². The van der Waals surface area contributed by atoms with Gasteiger partial charge in [-0.1, -0.05) is 112 Å². The lowest BCUT2D eigenvalue weighted by atomic mass is 9.67. The van der Waals surface area contributed by atoms with Gasteiger partial charge in [0.25, 0.3) is 0 Å². The van der Waals surface area contributed by atoms with E-state index in [1.807, 2.05) is 24.3 Å². The van der Waals surface area contributed by atoms with E-state index in [1.54, 1.807) is 24.3 Å². The molecular formula is C25H14Br4O2. The van der Waals surface area contributed by atoms with Crippen molar-refractivity contribution >= 4 is 63.7 Å². The SMILES string of the molecule is Oc1cc(Br)c(C2(c3c(Br)cc(O)cc3Br)c3ccccc3-c3ccccc32)c(Br)c1. The minimum atomic E-state index is -0.718. The van der Waals surface area contributed by atoms with Crippen LogP contribution in [-0.2, 0) is 5.41 Å². The number of benzene rings is 4. The number of phenolic OH excluding ortho intramolecular Hbond substituents is 2. The lowest BCUT2D eigenvalue weighted by Gasteiger charge is -2.37. The molecule has 0 amide bonds. The van der Waals surface area contributed by atoms with E-state index in [4.69, 9.17) is 0 Å². The van der Waals surface area contributed by atoms with E-state index in [9.17, 15) is 10.2 Å². The summed E-state index contributed by atoms with van der Waals surface area (Å²) in [5, 5.41) is 20.5. The molecular weight excluding hydrogens is 652 g/mol. The van der Waals surface area contributed by atoms with Crippen LogP contribution in [0, 0.1) is 0 Å². The fourth-order valence-corrected chi connectivity index (χ4v) is 8.25. The van der Waals surface area contributed by atoms with Crippen molar-refractivity contribution in [2.24, 2.45) is 0 Å². The van der Waals surface area contributed by atoms with Gasteiger partial charge in [0.15, 0.2) is 0 Å². The highest BCUT2D eigenvalue weighted by atomic mass is 79.9. The highest BCUT2D eigenvalue weighted by Crippen LogP contribution is 2.61. The van der Waals surface area contributed by atoms with Gasteiger partial charge in [0, 0.05) is 29.0 Å². The summed E-state index contributed by atoms with van der Waals surface area (Å²) >= 11 is 15.0. The van der Waals surface area contributed by atoms with E-state index in [0.29, 0.717) is 0 Å². The number of rotatable bonds is 2. The Morgan fingerprint density at radius 1 is 0.516 bits per heavy atom. The molecule has 4 aromatic carbocycles. The van der Waals surface area contributed by atoms with Gasteiger partial charge in [-0.15, -0.1) is 0 Å². The van der Waals surface area contributed by atoms with E-state index in [-0.39, 0.29) is 11.5 Å². The molecule has 0 aromatic heterocycles. The summed E-state index contributed by atoms with van der Waals surface area (Å²) in [7, 11) is 0. The van der Waals surface area contributed by atoms with Crippen LogP contribution in [0.2, 0.25) is 0 Å². The molecule has 0 bridgehead atoms. The fourth-order valence-electron chi connectivity index (χ4n) is 4.73. The molecule has 1 aliphatic rings. The summed E-state index contributed by atoms with van der Waals surface area (Å²) in [6.07, 6.45) is 0. The van der Waals surface area contributed by atoms with Gasteiger partial charge in [-0.05, 0) is 46.5 Å². The predicted molar refractivity (Wildman–Crippen MR) is 138 cm³/mol. The van der Waals surface area contributed by atoms with Crippen LogP contribution in [0.15, 0.2) is 90.7 Å². The second-order valence-corrected chi connectivity index (χ2v) is 10.8. The van der Waals surface area contributed by atoms with Crippen LogP contribution in [0.5, 0.6) is 11.5 Å². The maximum atomic E-state index is 10.2. The first-order valence-electron chi connectivity index (χ1n) is 9.42. The number of phenols is 2. The van der Waals surface area contributed by atoms with Gasteiger partial charge in [-0.25, -0.2) is 0 Å². The Balaban J connectivity index is 2.07. The third kappa shape index (κ3) is 3.06. The number of halogens is 4. The van der Waals surface area contributed by atoms with Crippen LogP contribution in [0.25, 0.3) is 11.1 Å². The quantitative estimate of drug-likeness (QED) is 0.199. The van der Waals surface area contributed by atoms with E-state index >= 15 is 0 Å². The Labute approximate surface area is 213 Å². The molecule has 1 aliphatic carbocycles. The van der Waals surface area contributed by atoms with Crippen molar-refractivity contribution in [3.05, 3.63) is 113 Å². The molecule has 2 nitrogen and oxygen atoms in total. The van der Waals surface area contributed by atoms with Crippen LogP contribution in [0.3, 0.4) is 0 Å². The molecule has 0 unspecified atom stereocenters. The molecule has 0 saturated heterocycles. The molecule has 0 atom stereocenters. The van der Waals surface area contributed by atoms with Crippen LogP contribution in [-0.4, -0.2) is 10.2 Å². The van der Waals surface area contributed by atoms with Gasteiger partial charge in [-0.3, -0.25) is 0 Å². The largest absolute Gasteiger partial charge is 0.508 e. The Hall–Kier alpha value is -1.60. The summed E-state index contributed by atoms with van der Waals surface area (Å²) < 4.78 is 3.10. The van der Waals surface area contributed by atoms with Crippen LogP contribution in [0.1, 0.15) is 22.3 Å². The molecule has 0 heterocycles. The van der Waals surface area contributed by atoms with Gasteiger partial charge in [0.05, 0.1) is 5.41 Å². The Morgan fingerprint density at radius 2 is 0.839 bits per heavy atom. The van der Waals surface area contributed by atoms with Gasteiger partial charge in [-0.2, -0.15) is 0 Å². The first-order chi connectivity index (χ1) is 14.9. The van der Waals surface area contributed by atoms with Crippen molar-refractivity contribution in [3.8, 4) is 22.6 Å². The van der Waals surface area contributed by atoms with Gasteiger partial charge in [0.2, 0.25) is 0 Å².